The number of carbonyl (C=O) groups excluding carboxylic acids is 1. The molecule has 0 aliphatic heterocycles. The van der Waals surface area contributed by atoms with Crippen LogP contribution in [-0.4, -0.2) is 5.78 Å². The molecule has 0 bridgehead atoms. The van der Waals surface area contributed by atoms with Crippen molar-refractivity contribution in [1.82, 2.24) is 0 Å². The van der Waals surface area contributed by atoms with Gasteiger partial charge < -0.3 is 0 Å². The van der Waals surface area contributed by atoms with Crippen LogP contribution in [0, 0.1) is 5.41 Å². The second-order valence-corrected chi connectivity index (χ2v) is 5.36. The number of hydrogen-bond donors (Lipinski definition) is 0. The summed E-state index contributed by atoms with van der Waals surface area (Å²) in [5, 5.41) is 2.44. The molecular weight excluding hydrogens is 220 g/mol. The standard InChI is InChI=1S/C17H16O/c1-17(10-11-17)16(18)9-7-13-6-8-14-4-2-3-5-15(14)12-13/h2-9,12H,10-11H2,1H3/b9-7+. The van der Waals surface area contributed by atoms with Crippen molar-refractivity contribution >= 4 is 22.6 Å². The van der Waals surface area contributed by atoms with Crippen LogP contribution in [0.3, 0.4) is 0 Å². The summed E-state index contributed by atoms with van der Waals surface area (Å²) in [6, 6.07) is 14.5. The van der Waals surface area contributed by atoms with Gasteiger partial charge in [0.05, 0.1) is 0 Å². The zero-order chi connectivity index (χ0) is 12.6. The summed E-state index contributed by atoms with van der Waals surface area (Å²) in [4.78, 5) is 11.9. The molecule has 0 heterocycles. The van der Waals surface area contributed by atoms with Gasteiger partial charge in [-0.25, -0.2) is 0 Å². The van der Waals surface area contributed by atoms with Gasteiger partial charge in [-0.05, 0) is 41.3 Å². The SMILES string of the molecule is CC1(C(=O)/C=C/c2ccc3ccccc3c2)CC1. The van der Waals surface area contributed by atoms with Crippen LogP contribution < -0.4 is 0 Å². The minimum Gasteiger partial charge on any atom is -0.294 e. The number of carbonyl (C=O) groups is 1. The van der Waals surface area contributed by atoms with E-state index < -0.39 is 0 Å². The first-order valence-corrected chi connectivity index (χ1v) is 6.39. The quantitative estimate of drug-likeness (QED) is 0.729. The van der Waals surface area contributed by atoms with Crippen LogP contribution in [-0.2, 0) is 4.79 Å². The van der Waals surface area contributed by atoms with E-state index in [1.165, 1.54) is 10.8 Å². The Morgan fingerprint density at radius 2 is 1.83 bits per heavy atom. The first kappa shape index (κ1) is 11.2. The lowest BCUT2D eigenvalue weighted by atomic mass is 10.0. The Labute approximate surface area is 107 Å². The number of fused-ring (bicyclic) bond motifs is 1. The van der Waals surface area contributed by atoms with Crippen LogP contribution in [0.2, 0.25) is 0 Å². The third-order valence-electron chi connectivity index (χ3n) is 3.80. The van der Waals surface area contributed by atoms with E-state index in [1.807, 2.05) is 25.1 Å². The molecule has 0 N–H and O–H groups in total. The van der Waals surface area contributed by atoms with Crippen molar-refractivity contribution in [3.63, 3.8) is 0 Å². The molecule has 0 spiro atoms. The van der Waals surface area contributed by atoms with E-state index in [4.69, 9.17) is 0 Å². The van der Waals surface area contributed by atoms with E-state index >= 15 is 0 Å². The summed E-state index contributed by atoms with van der Waals surface area (Å²) < 4.78 is 0. The van der Waals surface area contributed by atoms with Crippen molar-refractivity contribution in [2.24, 2.45) is 5.41 Å². The molecule has 0 amide bonds. The molecule has 3 rings (SSSR count). The monoisotopic (exact) mass is 236 g/mol. The number of hydrogen-bond acceptors (Lipinski definition) is 1. The van der Waals surface area contributed by atoms with Crippen LogP contribution in [0.1, 0.15) is 25.3 Å². The Bertz CT molecular complexity index is 633. The Hall–Kier alpha value is -1.89. The molecule has 2 aromatic rings. The molecule has 2 aromatic carbocycles. The summed E-state index contributed by atoms with van der Waals surface area (Å²) >= 11 is 0. The molecule has 90 valence electrons. The van der Waals surface area contributed by atoms with E-state index in [-0.39, 0.29) is 11.2 Å². The highest BCUT2D eigenvalue weighted by Crippen LogP contribution is 2.46. The van der Waals surface area contributed by atoms with E-state index in [1.54, 1.807) is 6.08 Å². The predicted molar refractivity (Wildman–Crippen MR) is 75.3 cm³/mol. The molecule has 1 heteroatoms. The second kappa shape index (κ2) is 4.09. The Morgan fingerprint density at radius 3 is 2.56 bits per heavy atom. The Kier molecular flexibility index (Phi) is 2.55. The van der Waals surface area contributed by atoms with Gasteiger partial charge >= 0.3 is 0 Å². The second-order valence-electron chi connectivity index (χ2n) is 5.36. The molecule has 0 atom stereocenters. The van der Waals surface area contributed by atoms with E-state index in [2.05, 4.69) is 30.3 Å². The van der Waals surface area contributed by atoms with Gasteiger partial charge in [-0.2, -0.15) is 0 Å². The molecule has 1 fully saturated rings. The van der Waals surface area contributed by atoms with Gasteiger partial charge in [0.25, 0.3) is 0 Å². The molecule has 0 aromatic heterocycles. The zero-order valence-electron chi connectivity index (χ0n) is 10.5. The normalized spacial score (nSPS) is 17.2. The van der Waals surface area contributed by atoms with Crippen LogP contribution >= 0.6 is 0 Å². The summed E-state index contributed by atoms with van der Waals surface area (Å²) in [6.45, 7) is 2.04. The molecule has 18 heavy (non-hydrogen) atoms. The smallest absolute Gasteiger partial charge is 0.161 e. The number of ketones is 1. The number of allylic oxidation sites excluding steroid dienone is 1. The van der Waals surface area contributed by atoms with Gasteiger partial charge in [0, 0.05) is 5.41 Å². The average Bonchev–Trinajstić information content (AvgIpc) is 3.15. The molecule has 1 saturated carbocycles. The third-order valence-corrected chi connectivity index (χ3v) is 3.80. The van der Waals surface area contributed by atoms with Crippen LogP contribution in [0.4, 0.5) is 0 Å². The van der Waals surface area contributed by atoms with Gasteiger partial charge in [-0.3, -0.25) is 4.79 Å². The number of rotatable bonds is 3. The van der Waals surface area contributed by atoms with Gasteiger partial charge in [0.2, 0.25) is 0 Å². The first-order chi connectivity index (χ1) is 8.67. The first-order valence-electron chi connectivity index (χ1n) is 6.39. The van der Waals surface area contributed by atoms with Gasteiger partial charge in [0.15, 0.2) is 5.78 Å². The van der Waals surface area contributed by atoms with Gasteiger partial charge in [-0.15, -0.1) is 0 Å². The lowest BCUT2D eigenvalue weighted by Crippen LogP contribution is -2.07. The van der Waals surface area contributed by atoms with Crippen molar-refractivity contribution in [3.05, 3.63) is 54.1 Å². The highest BCUT2D eigenvalue weighted by Gasteiger charge is 2.42. The topological polar surface area (TPSA) is 17.1 Å². The molecule has 1 aliphatic rings. The highest BCUT2D eigenvalue weighted by molar-refractivity contribution is 5.99. The Balaban J connectivity index is 1.86. The average molecular weight is 236 g/mol. The van der Waals surface area contributed by atoms with Crippen molar-refractivity contribution in [2.45, 2.75) is 19.8 Å². The molecule has 0 radical (unpaired) electrons. The van der Waals surface area contributed by atoms with E-state index in [0.29, 0.717) is 0 Å². The lowest BCUT2D eigenvalue weighted by Gasteiger charge is -2.02. The fourth-order valence-corrected chi connectivity index (χ4v) is 2.12. The third kappa shape index (κ3) is 2.08. The molecule has 0 saturated heterocycles. The van der Waals surface area contributed by atoms with Crippen LogP contribution in [0.15, 0.2) is 48.5 Å². The highest BCUT2D eigenvalue weighted by atomic mass is 16.1. The molecule has 0 unspecified atom stereocenters. The maximum Gasteiger partial charge on any atom is 0.161 e. The maximum atomic E-state index is 11.9. The lowest BCUT2D eigenvalue weighted by molar-refractivity contribution is -0.118. The summed E-state index contributed by atoms with van der Waals surface area (Å²) in [5.41, 5.74) is 1.03. The summed E-state index contributed by atoms with van der Waals surface area (Å²) in [6.07, 6.45) is 5.73. The van der Waals surface area contributed by atoms with E-state index in [0.717, 1.165) is 18.4 Å². The molecule has 1 aliphatic carbocycles. The summed E-state index contributed by atoms with van der Waals surface area (Å²) in [7, 11) is 0. The minimum absolute atomic E-state index is 0.0622. The van der Waals surface area contributed by atoms with Crippen molar-refractivity contribution < 1.29 is 4.79 Å². The zero-order valence-corrected chi connectivity index (χ0v) is 10.5. The van der Waals surface area contributed by atoms with Crippen LogP contribution in [0.25, 0.3) is 16.8 Å². The van der Waals surface area contributed by atoms with Gasteiger partial charge in [0.1, 0.15) is 0 Å². The fourth-order valence-electron chi connectivity index (χ4n) is 2.12. The molecule has 1 nitrogen and oxygen atoms in total. The van der Waals surface area contributed by atoms with Crippen molar-refractivity contribution in [1.29, 1.82) is 0 Å². The molecular formula is C17H16O. The van der Waals surface area contributed by atoms with Crippen molar-refractivity contribution in [3.8, 4) is 0 Å². The maximum absolute atomic E-state index is 11.9. The predicted octanol–water partition coefficient (Wildman–Crippen LogP) is 4.22. The van der Waals surface area contributed by atoms with Crippen LogP contribution in [0.5, 0.6) is 0 Å². The van der Waals surface area contributed by atoms with E-state index in [9.17, 15) is 4.79 Å². The largest absolute Gasteiger partial charge is 0.294 e. The summed E-state index contributed by atoms with van der Waals surface area (Å²) in [5.74, 6) is 0.260. The minimum atomic E-state index is -0.0622. The van der Waals surface area contributed by atoms with Gasteiger partial charge in [-0.1, -0.05) is 49.4 Å². The van der Waals surface area contributed by atoms with Crippen molar-refractivity contribution in [2.75, 3.05) is 0 Å². The fraction of sp³-hybridized carbons (Fsp3) is 0.235. The number of benzene rings is 2. The Morgan fingerprint density at radius 1 is 1.11 bits per heavy atom.